The number of hydrogen-bond donors (Lipinski definition) is 1. The third-order valence-electron chi connectivity index (χ3n) is 4.83. The topological polar surface area (TPSA) is 63.1 Å². The number of nitrogens with one attached hydrogen (secondary N) is 1. The molecule has 0 radical (unpaired) electrons. The molecule has 7 heteroatoms. The molecule has 2 aromatic carbocycles. The van der Waals surface area contributed by atoms with Gasteiger partial charge in [0.25, 0.3) is 0 Å². The SMILES string of the molecule is Cc1cc(C)c(NC(=O)CSc2nnc3n2CCN3c2ccccc2)c(C)c1. The number of aryl methyl sites for hydroxylation is 3. The van der Waals surface area contributed by atoms with Gasteiger partial charge in [-0.1, -0.05) is 47.7 Å². The van der Waals surface area contributed by atoms with Crippen molar-refractivity contribution in [3.63, 3.8) is 0 Å². The van der Waals surface area contributed by atoms with E-state index in [2.05, 4.69) is 56.2 Å². The van der Waals surface area contributed by atoms with Crippen molar-refractivity contribution >= 4 is 35.0 Å². The average Bonchev–Trinajstić information content (AvgIpc) is 3.26. The lowest BCUT2D eigenvalue weighted by atomic mass is 10.1. The van der Waals surface area contributed by atoms with Crippen molar-refractivity contribution in [2.24, 2.45) is 0 Å². The predicted octanol–water partition coefficient (Wildman–Crippen LogP) is 4.09. The van der Waals surface area contributed by atoms with Gasteiger partial charge in [0.15, 0.2) is 5.16 Å². The Morgan fingerprint density at radius 3 is 2.50 bits per heavy atom. The van der Waals surface area contributed by atoms with E-state index in [0.717, 1.165) is 46.7 Å². The molecular formula is C21H23N5OS. The van der Waals surface area contributed by atoms with E-state index < -0.39 is 0 Å². The lowest BCUT2D eigenvalue weighted by Gasteiger charge is -2.14. The largest absolute Gasteiger partial charge is 0.325 e. The van der Waals surface area contributed by atoms with E-state index in [9.17, 15) is 4.79 Å². The Hall–Kier alpha value is -2.80. The molecule has 144 valence electrons. The number of thioether (sulfide) groups is 1. The molecule has 0 bridgehead atoms. The summed E-state index contributed by atoms with van der Waals surface area (Å²) in [6.45, 7) is 7.78. The maximum atomic E-state index is 12.5. The summed E-state index contributed by atoms with van der Waals surface area (Å²) in [5, 5.41) is 12.5. The van der Waals surface area contributed by atoms with E-state index >= 15 is 0 Å². The molecule has 0 unspecified atom stereocenters. The fourth-order valence-corrected chi connectivity index (χ4v) is 4.38. The lowest BCUT2D eigenvalue weighted by molar-refractivity contribution is -0.113. The molecular weight excluding hydrogens is 370 g/mol. The summed E-state index contributed by atoms with van der Waals surface area (Å²) < 4.78 is 2.08. The minimum Gasteiger partial charge on any atom is -0.325 e. The number of nitrogens with zero attached hydrogens (tertiary/aromatic N) is 4. The first-order chi connectivity index (χ1) is 13.5. The smallest absolute Gasteiger partial charge is 0.234 e. The maximum Gasteiger partial charge on any atom is 0.234 e. The van der Waals surface area contributed by atoms with Crippen molar-refractivity contribution in [3.8, 4) is 0 Å². The van der Waals surface area contributed by atoms with Crippen LogP contribution in [0.4, 0.5) is 17.3 Å². The number of anilines is 3. The van der Waals surface area contributed by atoms with Crippen LogP contribution in [0, 0.1) is 20.8 Å². The number of benzene rings is 2. The zero-order valence-electron chi connectivity index (χ0n) is 16.3. The van der Waals surface area contributed by atoms with Crippen LogP contribution in [-0.4, -0.2) is 33.0 Å². The van der Waals surface area contributed by atoms with E-state index in [1.54, 1.807) is 0 Å². The number of carbonyl (C=O) groups is 1. The zero-order chi connectivity index (χ0) is 19.7. The van der Waals surface area contributed by atoms with Gasteiger partial charge in [0.2, 0.25) is 11.9 Å². The molecule has 0 spiro atoms. The highest BCUT2D eigenvalue weighted by Crippen LogP contribution is 2.32. The van der Waals surface area contributed by atoms with E-state index in [1.165, 1.54) is 17.3 Å². The molecule has 4 rings (SSSR count). The van der Waals surface area contributed by atoms with E-state index in [0.29, 0.717) is 5.75 Å². The van der Waals surface area contributed by atoms with E-state index in [-0.39, 0.29) is 5.91 Å². The van der Waals surface area contributed by atoms with Gasteiger partial charge in [-0.25, -0.2) is 0 Å². The molecule has 2 heterocycles. The zero-order valence-corrected chi connectivity index (χ0v) is 17.1. The molecule has 1 aliphatic rings. The van der Waals surface area contributed by atoms with Crippen LogP contribution in [0.25, 0.3) is 0 Å². The summed E-state index contributed by atoms with van der Waals surface area (Å²) in [6.07, 6.45) is 0. The van der Waals surface area contributed by atoms with Gasteiger partial charge >= 0.3 is 0 Å². The molecule has 0 aliphatic carbocycles. The summed E-state index contributed by atoms with van der Waals surface area (Å²) >= 11 is 1.42. The Bertz CT molecular complexity index is 992. The highest BCUT2D eigenvalue weighted by atomic mass is 32.2. The highest BCUT2D eigenvalue weighted by Gasteiger charge is 2.26. The normalized spacial score (nSPS) is 12.9. The molecule has 1 amide bonds. The van der Waals surface area contributed by atoms with Crippen molar-refractivity contribution in [2.75, 3.05) is 22.5 Å². The lowest BCUT2D eigenvalue weighted by Crippen LogP contribution is -2.16. The van der Waals surface area contributed by atoms with Crippen LogP contribution in [0.3, 0.4) is 0 Å². The maximum absolute atomic E-state index is 12.5. The molecule has 1 N–H and O–H groups in total. The minimum atomic E-state index is -0.0321. The highest BCUT2D eigenvalue weighted by molar-refractivity contribution is 7.99. The number of para-hydroxylation sites is 1. The second-order valence-electron chi connectivity index (χ2n) is 7.03. The predicted molar refractivity (Wildman–Crippen MR) is 113 cm³/mol. The third-order valence-corrected chi connectivity index (χ3v) is 5.79. The summed E-state index contributed by atoms with van der Waals surface area (Å²) in [6, 6.07) is 14.3. The molecule has 0 fully saturated rings. The average molecular weight is 394 g/mol. The van der Waals surface area contributed by atoms with Crippen LogP contribution in [-0.2, 0) is 11.3 Å². The van der Waals surface area contributed by atoms with Gasteiger partial charge in [-0.3, -0.25) is 9.36 Å². The van der Waals surface area contributed by atoms with Crippen molar-refractivity contribution in [1.29, 1.82) is 0 Å². The van der Waals surface area contributed by atoms with Gasteiger partial charge in [0, 0.05) is 24.5 Å². The van der Waals surface area contributed by atoms with Crippen molar-refractivity contribution in [3.05, 3.63) is 59.2 Å². The molecule has 1 aliphatic heterocycles. The van der Waals surface area contributed by atoms with Gasteiger partial charge in [-0.05, 0) is 44.0 Å². The number of fused-ring (bicyclic) bond motifs is 1. The van der Waals surface area contributed by atoms with Gasteiger partial charge in [-0.2, -0.15) is 0 Å². The molecule has 6 nitrogen and oxygen atoms in total. The van der Waals surface area contributed by atoms with Crippen molar-refractivity contribution in [2.45, 2.75) is 32.5 Å². The second kappa shape index (κ2) is 7.67. The number of hydrogen-bond acceptors (Lipinski definition) is 5. The van der Waals surface area contributed by atoms with Crippen LogP contribution in [0.15, 0.2) is 47.6 Å². The minimum absolute atomic E-state index is 0.0321. The van der Waals surface area contributed by atoms with Crippen LogP contribution in [0.1, 0.15) is 16.7 Å². The second-order valence-corrected chi connectivity index (χ2v) is 7.97. The number of aromatic nitrogens is 3. The molecule has 0 saturated carbocycles. The van der Waals surface area contributed by atoms with Gasteiger partial charge in [0.1, 0.15) is 0 Å². The Morgan fingerprint density at radius 1 is 1.07 bits per heavy atom. The Kier molecular flexibility index (Phi) is 5.09. The first kappa shape index (κ1) is 18.6. The summed E-state index contributed by atoms with van der Waals surface area (Å²) in [5.41, 5.74) is 5.37. The number of rotatable bonds is 5. The molecule has 3 aromatic rings. The summed E-state index contributed by atoms with van der Waals surface area (Å²) in [5.74, 6) is 1.10. The molecule has 1 aromatic heterocycles. The van der Waals surface area contributed by atoms with Crippen LogP contribution in [0.2, 0.25) is 0 Å². The van der Waals surface area contributed by atoms with E-state index in [1.807, 2.05) is 32.0 Å². The Morgan fingerprint density at radius 2 is 1.79 bits per heavy atom. The standard InChI is InChI=1S/C21H23N5OS/c1-14-11-15(2)19(16(3)12-14)22-18(27)13-28-21-24-23-20-25(9-10-26(20)21)17-7-5-4-6-8-17/h4-8,11-12H,9-10,13H2,1-3H3,(H,22,27). The Labute approximate surface area is 169 Å². The Balaban J connectivity index is 1.42. The molecule has 0 saturated heterocycles. The van der Waals surface area contributed by atoms with Crippen LogP contribution < -0.4 is 10.2 Å². The van der Waals surface area contributed by atoms with Gasteiger partial charge in [-0.15, -0.1) is 10.2 Å². The van der Waals surface area contributed by atoms with Crippen LogP contribution in [0.5, 0.6) is 0 Å². The fraction of sp³-hybridized carbons (Fsp3) is 0.286. The first-order valence-corrected chi connectivity index (χ1v) is 10.3. The first-order valence-electron chi connectivity index (χ1n) is 9.29. The monoisotopic (exact) mass is 393 g/mol. The summed E-state index contributed by atoms with van der Waals surface area (Å²) in [7, 11) is 0. The molecule has 28 heavy (non-hydrogen) atoms. The van der Waals surface area contributed by atoms with Gasteiger partial charge in [0.05, 0.1) is 5.75 Å². The van der Waals surface area contributed by atoms with Crippen molar-refractivity contribution in [1.82, 2.24) is 14.8 Å². The molecule has 0 atom stereocenters. The quantitative estimate of drug-likeness (QED) is 0.662. The van der Waals surface area contributed by atoms with Gasteiger partial charge < -0.3 is 10.2 Å². The number of amides is 1. The third kappa shape index (κ3) is 3.62. The van der Waals surface area contributed by atoms with Crippen LogP contribution >= 0.6 is 11.8 Å². The van der Waals surface area contributed by atoms with Crippen molar-refractivity contribution < 1.29 is 4.79 Å². The fourth-order valence-electron chi connectivity index (χ4n) is 3.62. The summed E-state index contributed by atoms with van der Waals surface area (Å²) in [4.78, 5) is 14.6. The number of carbonyl (C=O) groups excluding carboxylic acids is 1. The van der Waals surface area contributed by atoms with E-state index in [4.69, 9.17) is 0 Å².